The lowest BCUT2D eigenvalue weighted by Gasteiger charge is -2.08. The van der Waals surface area contributed by atoms with E-state index in [-0.39, 0.29) is 0 Å². The minimum absolute atomic E-state index is 2.19. The summed E-state index contributed by atoms with van der Waals surface area (Å²) in [6.45, 7) is 0. The molecule has 0 amide bonds. The Labute approximate surface area is 82.3 Å². The predicted molar refractivity (Wildman–Crippen MR) is 37.5 cm³/mol. The maximum absolute atomic E-state index is 11.5. The van der Waals surface area contributed by atoms with Gasteiger partial charge in [0.25, 0.3) is 0 Å². The summed E-state index contributed by atoms with van der Waals surface area (Å²) in [5, 5.41) is 0. The Morgan fingerprint density at radius 1 is 0.667 bits per heavy atom. The molecular weight excluding hydrogens is 298 g/mol. The summed E-state index contributed by atoms with van der Waals surface area (Å²) in [6.07, 6.45) is 0. The van der Waals surface area contributed by atoms with E-state index in [0.29, 0.717) is 0 Å². The van der Waals surface area contributed by atoms with E-state index in [0.717, 1.165) is 0 Å². The second-order valence-corrected chi connectivity index (χ2v) is 9.01. The Kier molecular flexibility index (Phi) is 3.65. The molecule has 0 aromatic rings. The number of rotatable bonds is 2. The van der Waals surface area contributed by atoms with Crippen LogP contribution in [-0.2, 0) is 17.7 Å². The van der Waals surface area contributed by atoms with Crippen molar-refractivity contribution in [2.75, 3.05) is 0 Å². The van der Waals surface area contributed by atoms with Gasteiger partial charge >= 0.3 is 28.8 Å². The molecule has 13 heteroatoms. The van der Waals surface area contributed by atoms with Crippen molar-refractivity contribution < 1.29 is 43.2 Å². The van der Waals surface area contributed by atoms with Crippen LogP contribution in [0.3, 0.4) is 0 Å². The topological polar surface area (TPSA) is 68.3 Å². The summed E-state index contributed by atoms with van der Waals surface area (Å²) in [6, 6.07) is 0. The second-order valence-electron chi connectivity index (χ2n) is 1.87. The van der Waals surface area contributed by atoms with E-state index in [1.807, 2.05) is 0 Å². The van der Waals surface area contributed by atoms with E-state index >= 15 is 0 Å². The summed E-state index contributed by atoms with van der Waals surface area (Å²) in [5.41, 5.74) is -12.1. The van der Waals surface area contributed by atoms with Crippen LogP contribution in [0, 0.1) is 0 Å². The molecular formula is C2F6O4S3. The van der Waals surface area contributed by atoms with Crippen LogP contribution in [0.15, 0.2) is 0 Å². The van der Waals surface area contributed by atoms with Crippen LogP contribution in [-0.4, -0.2) is 27.9 Å². The first-order chi connectivity index (χ1) is 6.21. The molecule has 0 fully saturated rings. The third-order valence-corrected chi connectivity index (χ3v) is 7.67. The van der Waals surface area contributed by atoms with Crippen molar-refractivity contribution in [3.8, 4) is 0 Å². The monoisotopic (exact) mass is 298 g/mol. The Bertz CT molecular complexity index is 382. The number of hydrogen-bond donors (Lipinski definition) is 0. The van der Waals surface area contributed by atoms with E-state index in [4.69, 9.17) is 0 Å². The molecule has 0 spiro atoms. The minimum atomic E-state index is -6.43. The molecule has 15 heavy (non-hydrogen) atoms. The molecule has 0 N–H and O–H groups in total. The average molecular weight is 298 g/mol. The molecule has 0 heterocycles. The average Bonchev–Trinajstić information content (AvgIpc) is 1.77. The zero-order valence-electron chi connectivity index (χ0n) is 6.13. The molecule has 0 aliphatic heterocycles. The molecule has 0 rings (SSSR count). The van der Waals surface area contributed by atoms with Gasteiger partial charge in [-0.15, -0.1) is 0 Å². The first kappa shape index (κ1) is 14.8. The van der Waals surface area contributed by atoms with Crippen LogP contribution in [0.2, 0.25) is 0 Å². The lowest BCUT2D eigenvalue weighted by atomic mass is 11.6. The summed E-state index contributed by atoms with van der Waals surface area (Å²) < 4.78 is 109. The second kappa shape index (κ2) is 3.69. The van der Waals surface area contributed by atoms with E-state index < -0.39 is 38.6 Å². The highest BCUT2D eigenvalue weighted by molar-refractivity contribution is 9.04. The third-order valence-electron chi connectivity index (χ3n) is 0.746. The molecule has 0 aromatic carbocycles. The van der Waals surface area contributed by atoms with Gasteiger partial charge in [-0.3, -0.25) is 0 Å². The van der Waals surface area contributed by atoms with E-state index in [2.05, 4.69) is 0 Å². The first-order valence-corrected chi connectivity index (χ1v) is 7.36. The summed E-state index contributed by atoms with van der Waals surface area (Å²) in [4.78, 5) is 0. The van der Waals surface area contributed by atoms with Gasteiger partial charge in [-0.05, 0) is 0 Å². The van der Waals surface area contributed by atoms with Gasteiger partial charge in [-0.1, -0.05) is 0 Å². The Morgan fingerprint density at radius 2 is 0.867 bits per heavy atom. The van der Waals surface area contributed by atoms with Gasteiger partial charge in [0.15, 0.2) is 0 Å². The lowest BCUT2D eigenvalue weighted by Crippen LogP contribution is -2.26. The number of hydrogen-bond acceptors (Lipinski definition) is 5. The maximum Gasteiger partial charge on any atom is 0.508 e. The fourth-order valence-electron chi connectivity index (χ4n) is 0.195. The van der Waals surface area contributed by atoms with E-state index in [9.17, 15) is 43.2 Å². The fourth-order valence-corrected chi connectivity index (χ4v) is 5.27. The zero-order valence-corrected chi connectivity index (χ0v) is 8.58. The summed E-state index contributed by atoms with van der Waals surface area (Å²) >= 11 is 0. The van der Waals surface area contributed by atoms with Crippen molar-refractivity contribution in [3.05, 3.63) is 0 Å². The van der Waals surface area contributed by atoms with Crippen LogP contribution in [0.1, 0.15) is 0 Å². The largest absolute Gasteiger partial charge is 0.508 e. The van der Waals surface area contributed by atoms with Crippen LogP contribution in [0.25, 0.3) is 0 Å². The summed E-state index contributed by atoms with van der Waals surface area (Å²) in [5.74, 6) is 0. The molecule has 0 unspecified atom stereocenters. The third kappa shape index (κ3) is 3.41. The molecule has 0 saturated carbocycles. The molecule has 0 aliphatic carbocycles. The van der Waals surface area contributed by atoms with Crippen molar-refractivity contribution >= 4 is 27.6 Å². The maximum atomic E-state index is 11.5. The standard InChI is InChI=1S/C2F6O4S3/c3-1(4,5)14(9,10)13-15(11,12)2(6,7)8. The van der Waals surface area contributed by atoms with E-state index in [1.54, 1.807) is 0 Å². The van der Waals surface area contributed by atoms with Gasteiger partial charge in [0, 0.05) is 0 Å². The predicted octanol–water partition coefficient (Wildman–Crippen LogP) is 1.42. The quantitative estimate of drug-likeness (QED) is 0.569. The zero-order chi connectivity index (χ0) is 12.7. The van der Waals surface area contributed by atoms with E-state index in [1.165, 1.54) is 0 Å². The van der Waals surface area contributed by atoms with Gasteiger partial charge in [0.2, 0.25) is 0 Å². The van der Waals surface area contributed by atoms with Gasteiger partial charge in [0.1, 0.15) is 9.83 Å². The highest BCUT2D eigenvalue weighted by atomic mass is 33.5. The van der Waals surface area contributed by atoms with Crippen molar-refractivity contribution in [2.45, 2.75) is 11.0 Å². The highest BCUT2D eigenvalue weighted by Crippen LogP contribution is 2.42. The Balaban J connectivity index is 5.28. The number of alkyl halides is 6. The molecule has 0 aromatic heterocycles. The van der Waals surface area contributed by atoms with Crippen LogP contribution < -0.4 is 0 Å². The van der Waals surface area contributed by atoms with Crippen LogP contribution in [0.5, 0.6) is 0 Å². The lowest BCUT2D eigenvalue weighted by molar-refractivity contribution is -0.0414. The van der Waals surface area contributed by atoms with Crippen LogP contribution >= 0.6 is 9.83 Å². The SMILES string of the molecule is O=S(=O)(SS(=O)(=O)C(F)(F)F)C(F)(F)F. The van der Waals surface area contributed by atoms with Gasteiger partial charge in [0.05, 0.1) is 0 Å². The Morgan fingerprint density at radius 3 is 1.00 bits per heavy atom. The highest BCUT2D eigenvalue weighted by Gasteiger charge is 2.56. The van der Waals surface area contributed by atoms with Crippen molar-refractivity contribution in [3.63, 3.8) is 0 Å². The first-order valence-electron chi connectivity index (χ1n) is 2.54. The molecule has 0 radical (unpaired) electrons. The van der Waals surface area contributed by atoms with Gasteiger partial charge < -0.3 is 0 Å². The van der Waals surface area contributed by atoms with Crippen molar-refractivity contribution in [2.24, 2.45) is 0 Å². The summed E-state index contributed by atoms with van der Waals surface area (Å²) in [7, 11) is -15.0. The van der Waals surface area contributed by atoms with Crippen LogP contribution in [0.4, 0.5) is 26.3 Å². The minimum Gasteiger partial charge on any atom is -0.207 e. The van der Waals surface area contributed by atoms with Crippen molar-refractivity contribution in [1.29, 1.82) is 0 Å². The molecule has 92 valence electrons. The molecule has 0 bridgehead atoms. The smallest absolute Gasteiger partial charge is 0.207 e. The Hall–Kier alpha value is -0.170. The number of halogens is 6. The van der Waals surface area contributed by atoms with Gasteiger partial charge in [-0.25, -0.2) is 16.8 Å². The van der Waals surface area contributed by atoms with Gasteiger partial charge in [-0.2, -0.15) is 26.3 Å². The fraction of sp³-hybridized carbons (Fsp3) is 1.00. The molecule has 4 nitrogen and oxygen atoms in total. The molecule has 0 aliphatic rings. The molecule has 0 atom stereocenters. The van der Waals surface area contributed by atoms with Crippen molar-refractivity contribution in [1.82, 2.24) is 0 Å². The molecule has 0 saturated heterocycles. The normalized spacial score (nSPS) is 15.3.